The molecule has 0 N–H and O–H groups in total. The molecule has 0 fully saturated rings. The molecular weight excluding hydrogens is 424 g/mol. The topological polar surface area (TPSA) is 88.9 Å². The van der Waals surface area contributed by atoms with E-state index < -0.39 is 0 Å². The van der Waals surface area contributed by atoms with Gasteiger partial charge in [-0.25, -0.2) is 13.9 Å². The van der Waals surface area contributed by atoms with Crippen LogP contribution in [-0.4, -0.2) is 24.1 Å². The molecule has 0 amide bonds. The lowest BCUT2D eigenvalue weighted by atomic mass is 9.96. The van der Waals surface area contributed by atoms with Gasteiger partial charge in [-0.1, -0.05) is 23.7 Å². The first kappa shape index (κ1) is 19.7. The first-order chi connectivity index (χ1) is 15.6. The Bertz CT molecular complexity index is 1510. The van der Waals surface area contributed by atoms with Gasteiger partial charge in [-0.15, -0.1) is 5.10 Å². The Morgan fingerprint density at radius 2 is 1.75 bits per heavy atom. The molecule has 8 heteroatoms. The van der Waals surface area contributed by atoms with E-state index in [4.69, 9.17) is 16.9 Å². The highest BCUT2D eigenvalue weighted by atomic mass is 35.5. The van der Waals surface area contributed by atoms with Crippen molar-refractivity contribution in [1.29, 1.82) is 5.26 Å². The van der Waals surface area contributed by atoms with Gasteiger partial charge in [0.2, 0.25) is 0 Å². The van der Waals surface area contributed by atoms with Crippen molar-refractivity contribution in [1.82, 2.24) is 24.1 Å². The average Bonchev–Trinajstić information content (AvgIpc) is 3.15. The number of nitriles is 1. The average molecular weight is 439 g/mol. The van der Waals surface area contributed by atoms with Gasteiger partial charge in [0.05, 0.1) is 17.8 Å². The standard InChI is InChI=1S/C24H15ClN6O/c25-19-4-2-17(3-5-19)21-9-12-30-23(22(21)18-7-10-27-11-8-18)29-31(24(30)32)15-20-6-1-16(13-26)14-28-20/h1-12,14H,15H2. The van der Waals surface area contributed by atoms with Gasteiger partial charge in [0.25, 0.3) is 0 Å². The minimum absolute atomic E-state index is 0.193. The lowest BCUT2D eigenvalue weighted by molar-refractivity contribution is 0.646. The molecule has 7 nitrogen and oxygen atoms in total. The number of fused-ring (bicyclic) bond motifs is 1. The lowest BCUT2D eigenvalue weighted by Gasteiger charge is -2.11. The summed E-state index contributed by atoms with van der Waals surface area (Å²) in [4.78, 5) is 21.5. The van der Waals surface area contributed by atoms with E-state index in [0.717, 1.165) is 22.3 Å². The highest BCUT2D eigenvalue weighted by Gasteiger charge is 2.18. The first-order valence-corrected chi connectivity index (χ1v) is 10.2. The smallest absolute Gasteiger partial charge is 0.265 e. The number of pyridine rings is 3. The quantitative estimate of drug-likeness (QED) is 0.419. The zero-order valence-electron chi connectivity index (χ0n) is 16.7. The van der Waals surface area contributed by atoms with Crippen LogP contribution in [0.25, 0.3) is 27.9 Å². The number of halogens is 1. The van der Waals surface area contributed by atoms with Crippen molar-refractivity contribution in [3.8, 4) is 28.3 Å². The molecule has 0 atom stereocenters. The van der Waals surface area contributed by atoms with Crippen LogP contribution < -0.4 is 5.69 Å². The van der Waals surface area contributed by atoms with Gasteiger partial charge < -0.3 is 0 Å². The van der Waals surface area contributed by atoms with Crippen LogP contribution in [0.4, 0.5) is 0 Å². The molecule has 0 aliphatic heterocycles. The summed E-state index contributed by atoms with van der Waals surface area (Å²) >= 11 is 6.08. The molecule has 5 rings (SSSR count). The molecule has 0 aliphatic carbocycles. The molecule has 0 unspecified atom stereocenters. The molecular formula is C24H15ClN6O. The van der Waals surface area contributed by atoms with Crippen LogP contribution in [-0.2, 0) is 6.54 Å². The highest BCUT2D eigenvalue weighted by Crippen LogP contribution is 2.34. The maximum Gasteiger partial charge on any atom is 0.350 e. The van der Waals surface area contributed by atoms with E-state index in [1.54, 1.807) is 30.7 Å². The molecule has 1 aromatic carbocycles. The minimum atomic E-state index is -0.274. The van der Waals surface area contributed by atoms with E-state index >= 15 is 0 Å². The number of rotatable bonds is 4. The van der Waals surface area contributed by atoms with Gasteiger partial charge in [-0.2, -0.15) is 5.26 Å². The summed E-state index contributed by atoms with van der Waals surface area (Å²) in [5, 5.41) is 14.3. The van der Waals surface area contributed by atoms with Crippen LogP contribution in [0.15, 0.2) is 84.2 Å². The van der Waals surface area contributed by atoms with Crippen LogP contribution in [0.3, 0.4) is 0 Å². The Kier molecular flexibility index (Phi) is 4.98. The highest BCUT2D eigenvalue weighted by molar-refractivity contribution is 6.30. The number of hydrogen-bond acceptors (Lipinski definition) is 5. The van der Waals surface area contributed by atoms with Gasteiger partial charge in [-0.3, -0.25) is 9.97 Å². The second-order valence-electron chi connectivity index (χ2n) is 7.13. The predicted octanol–water partition coefficient (Wildman–Crippen LogP) is 4.19. The Morgan fingerprint density at radius 3 is 2.44 bits per heavy atom. The molecule has 0 saturated carbocycles. The molecule has 4 aromatic heterocycles. The van der Waals surface area contributed by atoms with Crippen LogP contribution in [0, 0.1) is 11.3 Å². The van der Waals surface area contributed by atoms with Crippen molar-refractivity contribution in [2.75, 3.05) is 0 Å². The summed E-state index contributed by atoms with van der Waals surface area (Å²) in [6, 6.07) is 18.7. The molecule has 0 aliphatic rings. The monoisotopic (exact) mass is 438 g/mol. The third-order valence-electron chi connectivity index (χ3n) is 5.14. The molecule has 4 heterocycles. The lowest BCUT2D eigenvalue weighted by Crippen LogP contribution is -2.22. The summed E-state index contributed by atoms with van der Waals surface area (Å²) in [6.45, 7) is 0.193. The molecule has 32 heavy (non-hydrogen) atoms. The van der Waals surface area contributed by atoms with E-state index in [9.17, 15) is 4.79 Å². The van der Waals surface area contributed by atoms with Crippen molar-refractivity contribution >= 4 is 17.2 Å². The fourth-order valence-electron chi connectivity index (χ4n) is 3.59. The van der Waals surface area contributed by atoms with Gasteiger partial charge >= 0.3 is 5.69 Å². The summed E-state index contributed by atoms with van der Waals surface area (Å²) in [7, 11) is 0. The number of aromatic nitrogens is 5. The van der Waals surface area contributed by atoms with Gasteiger partial charge in [0, 0.05) is 35.4 Å². The Morgan fingerprint density at radius 1 is 0.969 bits per heavy atom. The van der Waals surface area contributed by atoms with E-state index in [2.05, 4.69) is 15.1 Å². The van der Waals surface area contributed by atoms with Crippen molar-refractivity contribution in [2.24, 2.45) is 0 Å². The number of benzene rings is 1. The summed E-state index contributed by atoms with van der Waals surface area (Å²) in [5.74, 6) is 0. The zero-order valence-corrected chi connectivity index (χ0v) is 17.4. The molecule has 0 radical (unpaired) electrons. The van der Waals surface area contributed by atoms with Crippen molar-refractivity contribution in [2.45, 2.75) is 6.54 Å². The summed E-state index contributed by atoms with van der Waals surface area (Å²) in [5.41, 5.74) is 4.95. The maximum atomic E-state index is 13.1. The second-order valence-corrected chi connectivity index (χ2v) is 7.57. The third kappa shape index (κ3) is 3.53. The fourth-order valence-corrected chi connectivity index (χ4v) is 3.72. The number of hydrogen-bond donors (Lipinski definition) is 0. The zero-order chi connectivity index (χ0) is 22.1. The molecule has 0 spiro atoms. The maximum absolute atomic E-state index is 13.1. The van der Waals surface area contributed by atoms with E-state index in [1.807, 2.05) is 48.5 Å². The summed E-state index contributed by atoms with van der Waals surface area (Å²) < 4.78 is 2.90. The second kappa shape index (κ2) is 8.10. The van der Waals surface area contributed by atoms with Gasteiger partial charge in [0.1, 0.15) is 6.07 Å². The number of nitrogens with zero attached hydrogens (tertiary/aromatic N) is 6. The Balaban J connectivity index is 1.70. The Labute approximate surface area is 187 Å². The Hall–Kier alpha value is -4.28. The molecule has 0 bridgehead atoms. The van der Waals surface area contributed by atoms with Crippen LogP contribution >= 0.6 is 11.6 Å². The van der Waals surface area contributed by atoms with Crippen molar-refractivity contribution in [3.05, 3.63) is 106 Å². The van der Waals surface area contributed by atoms with Crippen molar-refractivity contribution in [3.63, 3.8) is 0 Å². The van der Waals surface area contributed by atoms with E-state index in [1.165, 1.54) is 15.3 Å². The van der Waals surface area contributed by atoms with E-state index in [-0.39, 0.29) is 12.2 Å². The predicted molar refractivity (Wildman–Crippen MR) is 121 cm³/mol. The van der Waals surface area contributed by atoms with E-state index in [0.29, 0.717) is 21.9 Å². The normalized spacial score (nSPS) is 10.9. The van der Waals surface area contributed by atoms with Crippen molar-refractivity contribution < 1.29 is 0 Å². The van der Waals surface area contributed by atoms with Crippen LogP contribution in [0.1, 0.15) is 11.3 Å². The molecule has 5 aromatic rings. The fraction of sp³-hybridized carbons (Fsp3) is 0.0417. The SMILES string of the molecule is N#Cc1ccc(Cn2nc3c(-c4ccncc4)c(-c4ccc(Cl)cc4)ccn3c2=O)nc1. The minimum Gasteiger partial charge on any atom is -0.265 e. The first-order valence-electron chi connectivity index (χ1n) is 9.77. The van der Waals surface area contributed by atoms with Gasteiger partial charge in [-0.05, 0) is 59.2 Å². The summed E-state index contributed by atoms with van der Waals surface area (Å²) in [6.07, 6.45) is 6.62. The van der Waals surface area contributed by atoms with Gasteiger partial charge in [0.15, 0.2) is 5.65 Å². The third-order valence-corrected chi connectivity index (χ3v) is 5.40. The van der Waals surface area contributed by atoms with Crippen LogP contribution in [0.2, 0.25) is 5.02 Å². The largest absolute Gasteiger partial charge is 0.350 e. The molecule has 154 valence electrons. The van der Waals surface area contributed by atoms with Crippen LogP contribution in [0.5, 0.6) is 0 Å². The molecule has 0 saturated heterocycles.